The van der Waals surface area contributed by atoms with Gasteiger partial charge in [0.25, 0.3) is 0 Å². The van der Waals surface area contributed by atoms with E-state index in [-0.39, 0.29) is 23.7 Å². The number of halogens is 1. The Labute approximate surface area is 205 Å². The number of ketones is 1. The molecule has 1 N–H and O–H groups in total. The molecule has 2 aromatic rings. The van der Waals surface area contributed by atoms with Gasteiger partial charge in [-0.25, -0.2) is 4.79 Å². The summed E-state index contributed by atoms with van der Waals surface area (Å²) in [5.41, 5.74) is 0.997. The van der Waals surface area contributed by atoms with Gasteiger partial charge in [0.1, 0.15) is 6.04 Å². The number of carbonyl (C=O) groups is 3. The van der Waals surface area contributed by atoms with Gasteiger partial charge in [-0.2, -0.15) is 0 Å². The maximum atomic E-state index is 13.6. The van der Waals surface area contributed by atoms with Crippen molar-refractivity contribution in [2.24, 2.45) is 23.2 Å². The first kappa shape index (κ1) is 23.1. The number of hydrogen-bond donors (Lipinski definition) is 1. The molecular weight excluding hydrogens is 450 g/mol. The first-order valence-electron chi connectivity index (χ1n) is 12.2. The molecule has 0 aromatic heterocycles. The monoisotopic (exact) mass is 479 g/mol. The fraction of sp³-hybridized carbons (Fsp3) is 0.464. The SMILES string of the molecule is O=C(COC(=O)[C@H](Cc1ccccc1)NC(=O)C12CC3CC(CC(C3)C1)C2)c1ccc(Cl)cc1. The molecule has 4 saturated carbocycles. The van der Waals surface area contributed by atoms with Crippen molar-refractivity contribution in [3.63, 3.8) is 0 Å². The average Bonchev–Trinajstić information content (AvgIpc) is 2.82. The third-order valence-electron chi connectivity index (χ3n) is 7.90. The van der Waals surface area contributed by atoms with Crippen molar-refractivity contribution < 1.29 is 19.1 Å². The molecule has 0 aliphatic heterocycles. The molecule has 1 atom stereocenters. The van der Waals surface area contributed by atoms with E-state index in [0.29, 0.717) is 34.8 Å². The zero-order chi connectivity index (χ0) is 23.7. The maximum absolute atomic E-state index is 13.6. The summed E-state index contributed by atoms with van der Waals surface area (Å²) in [4.78, 5) is 39.2. The van der Waals surface area contributed by atoms with Crippen LogP contribution in [0.15, 0.2) is 54.6 Å². The normalized spacial score (nSPS) is 27.7. The van der Waals surface area contributed by atoms with Gasteiger partial charge in [-0.1, -0.05) is 41.9 Å². The molecule has 34 heavy (non-hydrogen) atoms. The van der Waals surface area contributed by atoms with Crippen LogP contribution in [-0.4, -0.2) is 30.3 Å². The predicted octanol–water partition coefficient (Wildman–Crippen LogP) is 5.01. The van der Waals surface area contributed by atoms with Crippen LogP contribution in [0.25, 0.3) is 0 Å². The van der Waals surface area contributed by atoms with Crippen molar-refractivity contribution in [3.8, 4) is 0 Å². The third kappa shape index (κ3) is 4.90. The highest BCUT2D eigenvalue weighted by atomic mass is 35.5. The van der Waals surface area contributed by atoms with Crippen LogP contribution in [0.3, 0.4) is 0 Å². The number of Topliss-reactive ketones (excluding diaryl/α,β-unsaturated/α-hetero) is 1. The molecule has 0 heterocycles. The summed E-state index contributed by atoms with van der Waals surface area (Å²) in [6.45, 7) is -0.376. The number of nitrogens with one attached hydrogen (secondary N) is 1. The van der Waals surface area contributed by atoms with E-state index in [4.69, 9.17) is 16.3 Å². The Bertz CT molecular complexity index is 1030. The summed E-state index contributed by atoms with van der Waals surface area (Å²) >= 11 is 5.89. The molecule has 0 radical (unpaired) electrons. The largest absolute Gasteiger partial charge is 0.456 e. The summed E-state index contributed by atoms with van der Waals surface area (Å²) in [7, 11) is 0. The van der Waals surface area contributed by atoms with Gasteiger partial charge in [0.05, 0.1) is 0 Å². The Kier molecular flexibility index (Phi) is 6.48. The molecule has 0 saturated heterocycles. The number of esters is 1. The molecule has 6 rings (SSSR count). The summed E-state index contributed by atoms with van der Waals surface area (Å²) in [6.07, 6.45) is 6.83. The summed E-state index contributed by atoms with van der Waals surface area (Å²) in [5, 5.41) is 3.58. The molecule has 5 nitrogen and oxygen atoms in total. The number of benzene rings is 2. The van der Waals surface area contributed by atoms with Crippen molar-refractivity contribution in [1.29, 1.82) is 0 Å². The molecule has 4 fully saturated rings. The highest BCUT2D eigenvalue weighted by Gasteiger charge is 2.55. The van der Waals surface area contributed by atoms with Crippen molar-refractivity contribution in [2.75, 3.05) is 6.61 Å². The fourth-order valence-corrected chi connectivity index (χ4v) is 6.83. The van der Waals surface area contributed by atoms with Crippen molar-refractivity contribution in [2.45, 2.75) is 51.0 Å². The Morgan fingerprint density at radius 3 is 2.09 bits per heavy atom. The fourth-order valence-electron chi connectivity index (χ4n) is 6.70. The zero-order valence-electron chi connectivity index (χ0n) is 19.2. The third-order valence-corrected chi connectivity index (χ3v) is 8.16. The van der Waals surface area contributed by atoms with E-state index >= 15 is 0 Å². The van der Waals surface area contributed by atoms with Gasteiger partial charge in [0.2, 0.25) is 5.91 Å². The van der Waals surface area contributed by atoms with Gasteiger partial charge in [0, 0.05) is 22.4 Å². The van der Waals surface area contributed by atoms with Gasteiger partial charge >= 0.3 is 5.97 Å². The van der Waals surface area contributed by atoms with Gasteiger partial charge < -0.3 is 10.1 Å². The lowest BCUT2D eigenvalue weighted by Crippen LogP contribution is -2.56. The Hall–Kier alpha value is -2.66. The first-order valence-corrected chi connectivity index (χ1v) is 12.6. The van der Waals surface area contributed by atoms with E-state index in [1.165, 1.54) is 19.3 Å². The molecule has 2 aromatic carbocycles. The lowest BCUT2D eigenvalue weighted by molar-refractivity contribution is -0.153. The number of ether oxygens (including phenoxy) is 1. The van der Waals surface area contributed by atoms with Crippen LogP contribution in [0.1, 0.15) is 54.4 Å². The zero-order valence-corrected chi connectivity index (χ0v) is 19.9. The summed E-state index contributed by atoms with van der Waals surface area (Å²) in [6, 6.07) is 15.2. The minimum absolute atomic E-state index is 0.0199. The maximum Gasteiger partial charge on any atom is 0.329 e. The van der Waals surface area contributed by atoms with Crippen LogP contribution in [-0.2, 0) is 20.7 Å². The summed E-state index contributed by atoms with van der Waals surface area (Å²) < 4.78 is 5.41. The van der Waals surface area contributed by atoms with Gasteiger partial charge in [-0.3, -0.25) is 9.59 Å². The van der Waals surface area contributed by atoms with Crippen LogP contribution in [0.5, 0.6) is 0 Å². The molecular formula is C28H30ClNO4. The van der Waals surface area contributed by atoms with Gasteiger partial charge in [-0.15, -0.1) is 0 Å². The standard InChI is InChI=1S/C28H30ClNO4/c29-23-8-6-22(7-9-23)25(31)17-34-26(32)24(13-18-4-2-1-3-5-18)30-27(33)28-14-19-10-20(15-28)12-21(11-19)16-28/h1-9,19-21,24H,10-17H2,(H,30,33)/t19?,20?,21?,24-,28?/m0/s1. The number of carbonyl (C=O) groups excluding carboxylic acids is 3. The van der Waals surface area contributed by atoms with Gasteiger partial charge in [0.15, 0.2) is 12.4 Å². The molecule has 0 spiro atoms. The van der Waals surface area contributed by atoms with E-state index in [2.05, 4.69) is 5.32 Å². The minimum atomic E-state index is -0.832. The lowest BCUT2D eigenvalue weighted by atomic mass is 9.49. The van der Waals surface area contributed by atoms with Crippen molar-refractivity contribution in [1.82, 2.24) is 5.32 Å². The van der Waals surface area contributed by atoms with E-state index in [1.54, 1.807) is 24.3 Å². The molecule has 0 unspecified atom stereocenters. The Morgan fingerprint density at radius 1 is 0.912 bits per heavy atom. The van der Waals surface area contributed by atoms with E-state index in [1.807, 2.05) is 30.3 Å². The molecule has 4 bridgehead atoms. The van der Waals surface area contributed by atoms with Crippen molar-refractivity contribution >= 4 is 29.3 Å². The quantitative estimate of drug-likeness (QED) is 0.426. The molecule has 178 valence electrons. The smallest absolute Gasteiger partial charge is 0.329 e. The van der Waals surface area contributed by atoms with Crippen LogP contribution >= 0.6 is 11.6 Å². The number of hydrogen-bond acceptors (Lipinski definition) is 4. The Morgan fingerprint density at radius 2 is 1.50 bits per heavy atom. The van der Waals surface area contributed by atoms with Crippen LogP contribution in [0.2, 0.25) is 5.02 Å². The molecule has 1 amide bonds. The van der Waals surface area contributed by atoms with Crippen LogP contribution < -0.4 is 5.32 Å². The lowest BCUT2D eigenvalue weighted by Gasteiger charge is -2.55. The Balaban J connectivity index is 1.28. The predicted molar refractivity (Wildman–Crippen MR) is 129 cm³/mol. The highest BCUT2D eigenvalue weighted by molar-refractivity contribution is 6.30. The first-order chi connectivity index (χ1) is 16.4. The van der Waals surface area contributed by atoms with E-state index in [0.717, 1.165) is 24.8 Å². The second kappa shape index (κ2) is 9.53. The van der Waals surface area contributed by atoms with Crippen LogP contribution in [0, 0.1) is 23.2 Å². The second-order valence-electron chi connectivity index (χ2n) is 10.5. The number of amides is 1. The molecule has 4 aliphatic rings. The van der Waals surface area contributed by atoms with Gasteiger partial charge in [-0.05, 0) is 86.1 Å². The van der Waals surface area contributed by atoms with E-state index in [9.17, 15) is 14.4 Å². The highest BCUT2D eigenvalue weighted by Crippen LogP contribution is 2.60. The van der Waals surface area contributed by atoms with Crippen LogP contribution in [0.4, 0.5) is 0 Å². The minimum Gasteiger partial charge on any atom is -0.456 e. The number of rotatable bonds is 8. The van der Waals surface area contributed by atoms with Crippen molar-refractivity contribution in [3.05, 3.63) is 70.7 Å². The topological polar surface area (TPSA) is 72.5 Å². The average molecular weight is 480 g/mol. The second-order valence-corrected chi connectivity index (χ2v) is 10.9. The van der Waals surface area contributed by atoms with E-state index < -0.39 is 12.0 Å². The molecule has 4 aliphatic carbocycles. The summed E-state index contributed by atoms with van der Waals surface area (Å²) in [5.74, 6) is 0.990. The molecule has 6 heteroatoms.